The molecule has 0 aliphatic rings. The Morgan fingerprint density at radius 3 is 2.58 bits per heavy atom. The second-order valence-corrected chi connectivity index (χ2v) is 6.55. The Kier molecular flexibility index (Phi) is 4.88. The van der Waals surface area contributed by atoms with Crippen molar-refractivity contribution in [2.75, 3.05) is 11.5 Å². The van der Waals surface area contributed by atoms with E-state index < -0.39 is 15.7 Å². The monoisotopic (exact) mass is 288 g/mol. The molecule has 0 bridgehead atoms. The van der Waals surface area contributed by atoms with Crippen molar-refractivity contribution >= 4 is 21.4 Å². The van der Waals surface area contributed by atoms with E-state index in [1.54, 1.807) is 13.8 Å². The van der Waals surface area contributed by atoms with Gasteiger partial charge in [0.05, 0.1) is 16.3 Å². The smallest absolute Gasteiger partial charge is 0.221 e. The van der Waals surface area contributed by atoms with E-state index in [4.69, 9.17) is 5.73 Å². The number of anilines is 1. The lowest BCUT2D eigenvalue weighted by molar-refractivity contribution is -0.121. The van der Waals surface area contributed by atoms with Crippen LogP contribution in [-0.4, -0.2) is 26.1 Å². The molecular formula is C12H17FN2O3S. The molecule has 1 amide bonds. The molecule has 0 saturated carbocycles. The number of benzene rings is 1. The molecule has 106 valence electrons. The topological polar surface area (TPSA) is 89.3 Å². The first-order valence-electron chi connectivity index (χ1n) is 5.79. The predicted octanol–water partition coefficient (Wildman–Crippen LogP) is 1.10. The van der Waals surface area contributed by atoms with E-state index in [1.165, 1.54) is 0 Å². The van der Waals surface area contributed by atoms with Crippen LogP contribution in [0.3, 0.4) is 0 Å². The van der Waals surface area contributed by atoms with Crippen molar-refractivity contribution in [2.45, 2.75) is 31.2 Å². The molecule has 0 aromatic heterocycles. The lowest BCUT2D eigenvalue weighted by Crippen LogP contribution is -2.31. The average molecular weight is 288 g/mol. The van der Waals surface area contributed by atoms with Crippen molar-refractivity contribution in [3.05, 3.63) is 24.0 Å². The second kappa shape index (κ2) is 6.01. The molecule has 5 nitrogen and oxygen atoms in total. The third-order valence-electron chi connectivity index (χ3n) is 2.35. The van der Waals surface area contributed by atoms with Gasteiger partial charge in [0.15, 0.2) is 9.84 Å². The quantitative estimate of drug-likeness (QED) is 0.627. The zero-order chi connectivity index (χ0) is 14.6. The molecule has 3 N–H and O–H groups in total. The summed E-state index contributed by atoms with van der Waals surface area (Å²) >= 11 is 0. The van der Waals surface area contributed by atoms with Gasteiger partial charge in [-0.25, -0.2) is 12.8 Å². The van der Waals surface area contributed by atoms with Gasteiger partial charge in [-0.15, -0.1) is 0 Å². The lowest BCUT2D eigenvalue weighted by atomic mass is 10.3. The van der Waals surface area contributed by atoms with Crippen molar-refractivity contribution < 1.29 is 17.6 Å². The molecular weight excluding hydrogens is 271 g/mol. The summed E-state index contributed by atoms with van der Waals surface area (Å²) in [6.45, 7) is 3.56. The molecule has 0 atom stereocenters. The van der Waals surface area contributed by atoms with E-state index in [0.29, 0.717) is 0 Å². The minimum absolute atomic E-state index is 0.0499. The van der Waals surface area contributed by atoms with Crippen LogP contribution in [0.25, 0.3) is 0 Å². The molecule has 1 aromatic rings. The number of nitrogens with one attached hydrogen (secondary N) is 1. The van der Waals surface area contributed by atoms with Crippen LogP contribution in [0.5, 0.6) is 0 Å². The molecule has 1 aromatic carbocycles. The van der Waals surface area contributed by atoms with Crippen LogP contribution in [0.1, 0.15) is 20.3 Å². The van der Waals surface area contributed by atoms with Crippen molar-refractivity contribution in [3.8, 4) is 0 Å². The Labute approximate surface area is 111 Å². The van der Waals surface area contributed by atoms with Crippen molar-refractivity contribution in [2.24, 2.45) is 0 Å². The highest BCUT2D eigenvalue weighted by atomic mass is 32.2. The van der Waals surface area contributed by atoms with E-state index in [1.807, 2.05) is 0 Å². The summed E-state index contributed by atoms with van der Waals surface area (Å²) in [6, 6.07) is 3.03. The maximum Gasteiger partial charge on any atom is 0.221 e. The van der Waals surface area contributed by atoms with E-state index >= 15 is 0 Å². The van der Waals surface area contributed by atoms with Gasteiger partial charge in [-0.2, -0.15) is 0 Å². The SMILES string of the molecule is CC(C)NC(=O)CCS(=O)(=O)c1ccc(F)cc1N. The summed E-state index contributed by atoms with van der Waals surface area (Å²) in [5.41, 5.74) is 5.33. The summed E-state index contributed by atoms with van der Waals surface area (Å²) in [4.78, 5) is 11.3. The van der Waals surface area contributed by atoms with Crippen LogP contribution in [0.4, 0.5) is 10.1 Å². The summed E-state index contributed by atoms with van der Waals surface area (Å²) in [5.74, 6) is -1.31. The number of hydrogen-bond acceptors (Lipinski definition) is 4. The predicted molar refractivity (Wildman–Crippen MR) is 70.8 cm³/mol. The van der Waals surface area contributed by atoms with Crippen LogP contribution >= 0.6 is 0 Å². The second-order valence-electron chi connectivity index (χ2n) is 4.47. The first-order valence-corrected chi connectivity index (χ1v) is 7.45. The highest BCUT2D eigenvalue weighted by Crippen LogP contribution is 2.20. The lowest BCUT2D eigenvalue weighted by Gasteiger charge is -2.09. The molecule has 19 heavy (non-hydrogen) atoms. The highest BCUT2D eigenvalue weighted by molar-refractivity contribution is 7.91. The van der Waals surface area contributed by atoms with Crippen molar-refractivity contribution in [1.82, 2.24) is 5.32 Å². The zero-order valence-electron chi connectivity index (χ0n) is 10.8. The minimum Gasteiger partial charge on any atom is -0.398 e. The molecule has 0 spiro atoms. The Balaban J connectivity index is 2.79. The van der Waals surface area contributed by atoms with E-state index in [9.17, 15) is 17.6 Å². The van der Waals surface area contributed by atoms with E-state index in [-0.39, 0.29) is 34.7 Å². The normalized spacial score (nSPS) is 11.6. The number of hydrogen-bond donors (Lipinski definition) is 2. The fourth-order valence-electron chi connectivity index (χ4n) is 1.53. The van der Waals surface area contributed by atoms with Crippen molar-refractivity contribution in [3.63, 3.8) is 0 Å². The van der Waals surface area contributed by atoms with Gasteiger partial charge in [0.2, 0.25) is 5.91 Å². The van der Waals surface area contributed by atoms with Gasteiger partial charge in [0, 0.05) is 12.5 Å². The van der Waals surface area contributed by atoms with E-state index in [0.717, 1.165) is 18.2 Å². The summed E-state index contributed by atoms with van der Waals surface area (Å²) in [5, 5.41) is 2.60. The fourth-order valence-corrected chi connectivity index (χ4v) is 2.90. The molecule has 1 rings (SSSR count). The molecule has 0 saturated heterocycles. The average Bonchev–Trinajstić information content (AvgIpc) is 2.25. The molecule has 0 unspecified atom stereocenters. The Bertz CT molecular complexity index is 570. The number of halogens is 1. The Morgan fingerprint density at radius 2 is 2.05 bits per heavy atom. The molecule has 0 aliphatic heterocycles. The van der Waals surface area contributed by atoms with Crippen LogP contribution in [0, 0.1) is 5.82 Å². The van der Waals surface area contributed by atoms with Crippen LogP contribution in [0.2, 0.25) is 0 Å². The van der Waals surface area contributed by atoms with Gasteiger partial charge in [0.1, 0.15) is 5.82 Å². The molecule has 0 aliphatic carbocycles. The number of sulfone groups is 1. The standard InChI is InChI=1S/C12H17FN2O3S/c1-8(2)15-12(16)5-6-19(17,18)11-4-3-9(13)7-10(11)14/h3-4,7-8H,5-6,14H2,1-2H3,(H,15,16). The highest BCUT2D eigenvalue weighted by Gasteiger charge is 2.19. The number of amides is 1. The Morgan fingerprint density at radius 1 is 1.42 bits per heavy atom. The van der Waals surface area contributed by atoms with Gasteiger partial charge in [-0.1, -0.05) is 0 Å². The van der Waals surface area contributed by atoms with Gasteiger partial charge in [-0.05, 0) is 32.0 Å². The van der Waals surface area contributed by atoms with Gasteiger partial charge < -0.3 is 11.1 Å². The van der Waals surface area contributed by atoms with Gasteiger partial charge in [0.25, 0.3) is 0 Å². The van der Waals surface area contributed by atoms with Crippen LogP contribution in [-0.2, 0) is 14.6 Å². The summed E-state index contributed by atoms with van der Waals surface area (Å²) in [6.07, 6.45) is -0.155. The number of nitrogens with two attached hydrogens (primary N) is 1. The molecule has 7 heteroatoms. The number of nitrogen functional groups attached to an aromatic ring is 1. The first kappa shape index (κ1) is 15.4. The van der Waals surface area contributed by atoms with Crippen molar-refractivity contribution in [1.29, 1.82) is 0 Å². The molecule has 0 fully saturated rings. The first-order chi connectivity index (χ1) is 8.72. The number of carbonyl (C=O) groups excluding carboxylic acids is 1. The third kappa shape index (κ3) is 4.51. The molecule has 0 radical (unpaired) electrons. The Hall–Kier alpha value is -1.63. The number of rotatable bonds is 5. The van der Waals surface area contributed by atoms with Gasteiger partial charge in [-0.3, -0.25) is 4.79 Å². The van der Waals surface area contributed by atoms with Crippen LogP contribution < -0.4 is 11.1 Å². The minimum atomic E-state index is -3.69. The summed E-state index contributed by atoms with van der Waals surface area (Å²) < 4.78 is 36.8. The van der Waals surface area contributed by atoms with Crippen LogP contribution in [0.15, 0.2) is 23.1 Å². The maximum absolute atomic E-state index is 12.9. The largest absolute Gasteiger partial charge is 0.398 e. The zero-order valence-corrected chi connectivity index (χ0v) is 11.6. The van der Waals surface area contributed by atoms with E-state index in [2.05, 4.69) is 5.32 Å². The maximum atomic E-state index is 12.9. The summed E-state index contributed by atoms with van der Waals surface area (Å²) in [7, 11) is -3.69. The molecule has 0 heterocycles. The number of carbonyl (C=O) groups is 1. The fraction of sp³-hybridized carbons (Fsp3) is 0.417. The van der Waals surface area contributed by atoms with Gasteiger partial charge >= 0.3 is 0 Å². The third-order valence-corrected chi connectivity index (χ3v) is 4.14.